The molecular weight excluding hydrogens is 367 g/mol. The van der Waals surface area contributed by atoms with Gasteiger partial charge in [-0.15, -0.1) is 11.3 Å². The van der Waals surface area contributed by atoms with Crippen molar-refractivity contribution < 1.29 is 18.4 Å². The minimum Gasteiger partial charge on any atom is -0.459 e. The van der Waals surface area contributed by atoms with Crippen molar-refractivity contribution in [3.8, 4) is 10.4 Å². The third-order valence-corrected chi connectivity index (χ3v) is 4.70. The van der Waals surface area contributed by atoms with E-state index in [9.17, 15) is 14.0 Å². The molecule has 0 radical (unpaired) electrons. The summed E-state index contributed by atoms with van der Waals surface area (Å²) in [4.78, 5) is 25.1. The molecule has 138 valence electrons. The third kappa shape index (κ3) is 5.15. The number of rotatable bonds is 7. The Kier molecular flexibility index (Phi) is 6.17. The van der Waals surface area contributed by atoms with Gasteiger partial charge in [-0.25, -0.2) is 4.39 Å². The standard InChI is InChI=1S/C20H17FN2O3S/c21-16-5-2-1-4-15(16)18-9-7-14(27-18)8-10-19(24)22-11-12-23-20(25)17-6-3-13-26-17/h1-10,13H,11-12H2,(H,22,24)(H,23,25)/b10-8+. The number of furan rings is 1. The minimum atomic E-state index is -0.330. The summed E-state index contributed by atoms with van der Waals surface area (Å²) in [5.74, 6) is -0.652. The zero-order valence-electron chi connectivity index (χ0n) is 14.3. The van der Waals surface area contributed by atoms with E-state index in [4.69, 9.17) is 4.42 Å². The molecule has 2 amide bonds. The highest BCUT2D eigenvalue weighted by molar-refractivity contribution is 7.16. The molecule has 0 spiro atoms. The molecule has 0 atom stereocenters. The number of hydrogen-bond acceptors (Lipinski definition) is 4. The van der Waals surface area contributed by atoms with E-state index in [2.05, 4.69) is 10.6 Å². The Morgan fingerprint density at radius 1 is 1.04 bits per heavy atom. The van der Waals surface area contributed by atoms with Crippen molar-refractivity contribution in [1.82, 2.24) is 10.6 Å². The van der Waals surface area contributed by atoms with Crippen LogP contribution in [0.5, 0.6) is 0 Å². The summed E-state index contributed by atoms with van der Waals surface area (Å²) in [7, 11) is 0. The number of benzene rings is 1. The molecule has 3 aromatic rings. The van der Waals surface area contributed by atoms with Crippen molar-refractivity contribution in [1.29, 1.82) is 0 Å². The van der Waals surface area contributed by atoms with Gasteiger partial charge in [-0.05, 0) is 36.4 Å². The van der Waals surface area contributed by atoms with E-state index in [1.807, 2.05) is 12.1 Å². The fourth-order valence-corrected chi connectivity index (χ4v) is 3.26. The second kappa shape index (κ2) is 8.95. The first-order valence-electron chi connectivity index (χ1n) is 8.26. The number of amides is 2. The Bertz CT molecular complexity index is 948. The smallest absolute Gasteiger partial charge is 0.287 e. The zero-order chi connectivity index (χ0) is 19.1. The maximum absolute atomic E-state index is 13.8. The molecule has 7 heteroatoms. The van der Waals surface area contributed by atoms with Gasteiger partial charge in [-0.3, -0.25) is 9.59 Å². The maximum Gasteiger partial charge on any atom is 0.287 e. The fraction of sp³-hybridized carbons (Fsp3) is 0.100. The molecular formula is C20H17FN2O3S. The van der Waals surface area contributed by atoms with Crippen LogP contribution in [0.15, 0.2) is 65.3 Å². The molecule has 3 rings (SSSR count). The fourth-order valence-electron chi connectivity index (χ4n) is 2.32. The van der Waals surface area contributed by atoms with Crippen molar-refractivity contribution >= 4 is 29.2 Å². The number of thiophene rings is 1. The predicted octanol–water partition coefficient (Wildman–Crippen LogP) is 3.71. The molecule has 5 nitrogen and oxygen atoms in total. The van der Waals surface area contributed by atoms with Crippen LogP contribution in [0.25, 0.3) is 16.5 Å². The van der Waals surface area contributed by atoms with Crippen molar-refractivity contribution in [2.45, 2.75) is 0 Å². The van der Waals surface area contributed by atoms with Crippen LogP contribution in [-0.2, 0) is 4.79 Å². The first-order valence-corrected chi connectivity index (χ1v) is 9.07. The second-order valence-electron chi connectivity index (χ2n) is 5.54. The SMILES string of the molecule is O=C(/C=C/c1ccc(-c2ccccc2F)s1)NCCNC(=O)c1ccco1. The van der Waals surface area contributed by atoms with E-state index in [-0.39, 0.29) is 29.9 Å². The summed E-state index contributed by atoms with van der Waals surface area (Å²) >= 11 is 1.40. The number of carbonyl (C=O) groups is 2. The molecule has 0 aliphatic carbocycles. The third-order valence-electron chi connectivity index (χ3n) is 3.62. The van der Waals surface area contributed by atoms with Crippen molar-refractivity contribution in [3.05, 3.63) is 77.3 Å². The van der Waals surface area contributed by atoms with Crippen LogP contribution >= 0.6 is 11.3 Å². The average Bonchev–Trinajstić information content (AvgIpc) is 3.35. The normalized spacial score (nSPS) is 10.9. The van der Waals surface area contributed by atoms with E-state index in [1.165, 1.54) is 29.7 Å². The molecule has 2 N–H and O–H groups in total. The van der Waals surface area contributed by atoms with Crippen molar-refractivity contribution in [3.63, 3.8) is 0 Å². The lowest BCUT2D eigenvalue weighted by Gasteiger charge is -2.03. The van der Waals surface area contributed by atoms with Gasteiger partial charge >= 0.3 is 0 Å². The maximum atomic E-state index is 13.8. The molecule has 0 unspecified atom stereocenters. The van der Waals surface area contributed by atoms with E-state index >= 15 is 0 Å². The number of halogens is 1. The second-order valence-corrected chi connectivity index (χ2v) is 6.65. The Balaban J connectivity index is 1.45. The molecule has 2 aromatic heterocycles. The van der Waals surface area contributed by atoms with Gasteiger partial charge in [0.05, 0.1) is 6.26 Å². The monoisotopic (exact) mass is 384 g/mol. The predicted molar refractivity (Wildman–Crippen MR) is 103 cm³/mol. The summed E-state index contributed by atoms with van der Waals surface area (Å²) in [6.07, 6.45) is 4.50. The minimum absolute atomic E-state index is 0.226. The number of carbonyl (C=O) groups excluding carboxylic acids is 2. The van der Waals surface area contributed by atoms with Gasteiger partial charge in [0.25, 0.3) is 5.91 Å². The summed E-state index contributed by atoms with van der Waals surface area (Å²) in [6.45, 7) is 0.579. The quantitative estimate of drug-likeness (QED) is 0.482. The van der Waals surface area contributed by atoms with Gasteiger partial charge < -0.3 is 15.1 Å². The Hall–Kier alpha value is -3.19. The van der Waals surface area contributed by atoms with Gasteiger partial charge in [-0.1, -0.05) is 18.2 Å². The Morgan fingerprint density at radius 2 is 1.85 bits per heavy atom. The lowest BCUT2D eigenvalue weighted by Crippen LogP contribution is -2.33. The number of nitrogens with one attached hydrogen (secondary N) is 2. The molecule has 0 saturated heterocycles. The zero-order valence-corrected chi connectivity index (χ0v) is 15.1. The molecule has 0 aliphatic heterocycles. The Morgan fingerprint density at radius 3 is 2.63 bits per heavy atom. The molecule has 1 aromatic carbocycles. The van der Waals surface area contributed by atoms with Crippen LogP contribution in [0.3, 0.4) is 0 Å². The van der Waals surface area contributed by atoms with E-state index in [0.29, 0.717) is 12.1 Å². The highest BCUT2D eigenvalue weighted by atomic mass is 32.1. The molecule has 0 saturated carbocycles. The van der Waals surface area contributed by atoms with E-state index in [1.54, 1.807) is 36.4 Å². The van der Waals surface area contributed by atoms with Gasteiger partial charge in [0, 0.05) is 34.5 Å². The summed E-state index contributed by atoms with van der Waals surface area (Å²) in [6, 6.07) is 13.4. The van der Waals surface area contributed by atoms with Crippen LogP contribution in [0.4, 0.5) is 4.39 Å². The molecule has 0 aliphatic rings. The largest absolute Gasteiger partial charge is 0.459 e. The van der Waals surface area contributed by atoms with Gasteiger partial charge in [-0.2, -0.15) is 0 Å². The lowest BCUT2D eigenvalue weighted by atomic mass is 10.2. The van der Waals surface area contributed by atoms with Gasteiger partial charge in [0.15, 0.2) is 5.76 Å². The van der Waals surface area contributed by atoms with Crippen LogP contribution < -0.4 is 10.6 Å². The summed E-state index contributed by atoms with van der Waals surface area (Å²) in [5.41, 5.74) is 0.541. The highest BCUT2D eigenvalue weighted by Gasteiger charge is 2.08. The summed E-state index contributed by atoms with van der Waals surface area (Å²) < 4.78 is 18.8. The van der Waals surface area contributed by atoms with E-state index in [0.717, 1.165) is 9.75 Å². The Labute approximate surface area is 159 Å². The molecule has 0 bridgehead atoms. The molecule has 27 heavy (non-hydrogen) atoms. The van der Waals surface area contributed by atoms with Crippen LogP contribution in [0.1, 0.15) is 15.4 Å². The average molecular weight is 384 g/mol. The van der Waals surface area contributed by atoms with Crippen LogP contribution in [0, 0.1) is 5.82 Å². The molecule has 2 heterocycles. The van der Waals surface area contributed by atoms with E-state index < -0.39 is 0 Å². The number of hydrogen-bond donors (Lipinski definition) is 2. The van der Waals surface area contributed by atoms with Crippen molar-refractivity contribution in [2.24, 2.45) is 0 Å². The topological polar surface area (TPSA) is 71.3 Å². The first kappa shape index (κ1) is 18.6. The van der Waals surface area contributed by atoms with Crippen molar-refractivity contribution in [2.75, 3.05) is 13.1 Å². The highest BCUT2D eigenvalue weighted by Crippen LogP contribution is 2.30. The van der Waals surface area contributed by atoms with Crippen LogP contribution in [-0.4, -0.2) is 24.9 Å². The van der Waals surface area contributed by atoms with Crippen LogP contribution in [0.2, 0.25) is 0 Å². The lowest BCUT2D eigenvalue weighted by molar-refractivity contribution is -0.116. The van der Waals surface area contributed by atoms with Gasteiger partial charge in [0.2, 0.25) is 5.91 Å². The molecule has 0 fully saturated rings. The van der Waals surface area contributed by atoms with Gasteiger partial charge in [0.1, 0.15) is 5.82 Å². The first-order chi connectivity index (χ1) is 13.1. The summed E-state index contributed by atoms with van der Waals surface area (Å²) in [5, 5.41) is 5.31.